The molecule has 6 heteroatoms. The quantitative estimate of drug-likeness (QED) is 0.338. The molecule has 0 aliphatic heterocycles. The summed E-state index contributed by atoms with van der Waals surface area (Å²) in [4.78, 5) is 0. The molecule has 0 aromatic carbocycles. The first-order chi connectivity index (χ1) is 1.73. The molecule has 0 unspecified atom stereocenters. The number of hydrogen-bond acceptors (Lipinski definition) is 3. The smallest absolute Gasteiger partial charge is 0.784 e. The van der Waals surface area contributed by atoms with Gasteiger partial charge in [-0.15, -0.1) is 11.4 Å². The van der Waals surface area contributed by atoms with Gasteiger partial charge in [-0.05, 0) is 0 Å². The second-order valence-electron chi connectivity index (χ2n) is 0.204. The predicted octanol–water partition coefficient (Wildman–Crippen LogP) is -4.00. The van der Waals surface area contributed by atoms with Gasteiger partial charge in [-0.2, -0.15) is 0 Å². The van der Waals surface area contributed by atoms with E-state index in [4.69, 9.17) is 13.3 Å². The molecule has 0 saturated heterocycles. The third-order valence-electron chi connectivity index (χ3n) is 0. The van der Waals surface area contributed by atoms with Crippen LogP contribution in [0.3, 0.4) is 0 Å². The molecule has 0 atom stereocenters. The standard InChI is InChI=1S/Na.H2O3S.Pt/c;1-4(2)3;/h;(H2,1,2,3);/q+1;;+2/p-2. The van der Waals surface area contributed by atoms with Crippen molar-refractivity contribution >= 4 is 11.4 Å². The average molecular weight is 298 g/mol. The number of hydrogen-bond donors (Lipinski definition) is 0. The van der Waals surface area contributed by atoms with Gasteiger partial charge < -0.3 is 9.11 Å². The SMILES string of the molecule is O=S([O-])[O-].[Na+].[Pt+2]. The Hall–Kier alpha value is 1.76. The molecule has 0 radical (unpaired) electrons. The van der Waals surface area contributed by atoms with Crippen LogP contribution in [0.15, 0.2) is 0 Å². The van der Waals surface area contributed by atoms with Crippen LogP contribution in [0.1, 0.15) is 0 Å². The molecule has 0 aromatic rings. The van der Waals surface area contributed by atoms with Crippen molar-refractivity contribution in [3.63, 3.8) is 0 Å². The second kappa shape index (κ2) is 9.90. The van der Waals surface area contributed by atoms with Crippen LogP contribution >= 0.6 is 0 Å². The summed E-state index contributed by atoms with van der Waals surface area (Å²) in [6, 6.07) is 0. The molecule has 0 aliphatic rings. The first-order valence-corrected chi connectivity index (χ1v) is 1.50. The molecule has 0 fully saturated rings. The van der Waals surface area contributed by atoms with Crippen LogP contribution in [0.25, 0.3) is 0 Å². The van der Waals surface area contributed by atoms with Crippen LogP contribution in [0.2, 0.25) is 0 Å². The summed E-state index contributed by atoms with van der Waals surface area (Å²) < 4.78 is 25.3. The third-order valence-corrected chi connectivity index (χ3v) is 0. The van der Waals surface area contributed by atoms with Crippen LogP contribution in [0.5, 0.6) is 0 Å². The normalized spacial score (nSPS) is 5.83. The maximum atomic E-state index is 8.44. The molecule has 0 heterocycles. The van der Waals surface area contributed by atoms with Gasteiger partial charge in [-0.3, -0.25) is 4.21 Å². The molecule has 0 aliphatic carbocycles. The summed E-state index contributed by atoms with van der Waals surface area (Å²) in [5.74, 6) is 0. The minimum atomic E-state index is -3.11. The van der Waals surface area contributed by atoms with Crippen molar-refractivity contribution in [1.29, 1.82) is 0 Å². The maximum Gasteiger partial charge on any atom is 2.00 e. The van der Waals surface area contributed by atoms with Crippen molar-refractivity contribution in [3.05, 3.63) is 0 Å². The molecule has 34 valence electrons. The van der Waals surface area contributed by atoms with Crippen LogP contribution < -0.4 is 29.6 Å². The molecule has 0 rings (SSSR count). The van der Waals surface area contributed by atoms with Gasteiger partial charge in [0.15, 0.2) is 0 Å². The summed E-state index contributed by atoms with van der Waals surface area (Å²) in [6.07, 6.45) is 0. The summed E-state index contributed by atoms with van der Waals surface area (Å²) in [5, 5.41) is 0. The van der Waals surface area contributed by atoms with E-state index in [0.29, 0.717) is 0 Å². The molecular formula is NaO3PtS+. The summed E-state index contributed by atoms with van der Waals surface area (Å²) in [6.45, 7) is 0. The van der Waals surface area contributed by atoms with E-state index in [2.05, 4.69) is 0 Å². The first-order valence-electron chi connectivity index (χ1n) is 0.500. The van der Waals surface area contributed by atoms with Gasteiger partial charge in [0.1, 0.15) is 0 Å². The Morgan fingerprint density at radius 2 is 1.33 bits per heavy atom. The van der Waals surface area contributed by atoms with E-state index in [1.54, 1.807) is 0 Å². The topological polar surface area (TPSA) is 63.2 Å². The van der Waals surface area contributed by atoms with E-state index >= 15 is 0 Å². The summed E-state index contributed by atoms with van der Waals surface area (Å²) >= 11 is -3.11. The maximum absolute atomic E-state index is 8.44. The van der Waals surface area contributed by atoms with Crippen molar-refractivity contribution in [2.24, 2.45) is 0 Å². The Morgan fingerprint density at radius 1 is 1.33 bits per heavy atom. The average Bonchev–Trinajstić information content (AvgIpc) is 0.811. The Kier molecular flexibility index (Phi) is 25.8. The molecule has 0 amide bonds. The zero-order valence-electron chi connectivity index (χ0n) is 2.95. The molecule has 3 nitrogen and oxygen atoms in total. The minimum absolute atomic E-state index is 0. The molecule has 0 bridgehead atoms. The zero-order valence-corrected chi connectivity index (χ0v) is 8.04. The largest absolute Gasteiger partial charge is 2.00 e. The van der Waals surface area contributed by atoms with E-state index in [9.17, 15) is 0 Å². The van der Waals surface area contributed by atoms with E-state index in [1.165, 1.54) is 0 Å². The van der Waals surface area contributed by atoms with Crippen molar-refractivity contribution in [1.82, 2.24) is 0 Å². The minimum Gasteiger partial charge on any atom is -0.784 e. The van der Waals surface area contributed by atoms with Gasteiger partial charge in [0.05, 0.1) is 0 Å². The fourth-order valence-corrected chi connectivity index (χ4v) is 0. The van der Waals surface area contributed by atoms with Gasteiger partial charge >= 0.3 is 50.6 Å². The first kappa shape index (κ1) is 15.7. The van der Waals surface area contributed by atoms with Gasteiger partial charge in [-0.1, -0.05) is 0 Å². The van der Waals surface area contributed by atoms with Crippen molar-refractivity contribution in [2.45, 2.75) is 0 Å². The number of rotatable bonds is 0. The third kappa shape index (κ3) is 42.2. The van der Waals surface area contributed by atoms with Gasteiger partial charge in [0.2, 0.25) is 0 Å². The second-order valence-corrected chi connectivity index (χ2v) is 0.612. The van der Waals surface area contributed by atoms with Crippen LogP contribution in [0.4, 0.5) is 0 Å². The van der Waals surface area contributed by atoms with Gasteiger partial charge in [0, 0.05) is 0 Å². The van der Waals surface area contributed by atoms with Crippen molar-refractivity contribution in [3.8, 4) is 0 Å². The van der Waals surface area contributed by atoms with Crippen molar-refractivity contribution < 1.29 is 63.9 Å². The molecule has 0 saturated carbocycles. The Bertz CT molecular complexity index is 33.8. The van der Waals surface area contributed by atoms with Crippen molar-refractivity contribution in [2.75, 3.05) is 0 Å². The van der Waals surface area contributed by atoms with E-state index in [0.717, 1.165) is 0 Å². The van der Waals surface area contributed by atoms with Gasteiger partial charge in [-0.25, -0.2) is 0 Å². The fraction of sp³-hybridized carbons (Fsp3) is 0. The van der Waals surface area contributed by atoms with Crippen LogP contribution in [0, 0.1) is 0 Å². The molecule has 6 heavy (non-hydrogen) atoms. The zero-order chi connectivity index (χ0) is 3.58. The monoisotopic (exact) mass is 298 g/mol. The fourth-order valence-electron chi connectivity index (χ4n) is 0. The molecular weight excluding hydrogens is 298 g/mol. The Labute approximate surface area is 74.6 Å². The Balaban J connectivity index is -0.0000000450. The van der Waals surface area contributed by atoms with E-state index in [1.807, 2.05) is 0 Å². The summed E-state index contributed by atoms with van der Waals surface area (Å²) in [5.41, 5.74) is 0. The Morgan fingerprint density at radius 3 is 1.33 bits per heavy atom. The summed E-state index contributed by atoms with van der Waals surface area (Å²) in [7, 11) is 0. The predicted molar refractivity (Wildman–Crippen MR) is 9.70 cm³/mol. The van der Waals surface area contributed by atoms with E-state index in [-0.39, 0.29) is 50.6 Å². The van der Waals surface area contributed by atoms with Gasteiger partial charge in [0.25, 0.3) is 0 Å². The molecule has 0 aromatic heterocycles. The van der Waals surface area contributed by atoms with Crippen LogP contribution in [-0.4, -0.2) is 13.3 Å². The van der Waals surface area contributed by atoms with Crippen LogP contribution in [-0.2, 0) is 32.4 Å². The van der Waals surface area contributed by atoms with E-state index < -0.39 is 11.4 Å². The molecule has 0 N–H and O–H groups in total. The molecule has 0 spiro atoms.